The Morgan fingerprint density at radius 1 is 1.23 bits per heavy atom. The van der Waals surface area contributed by atoms with Crippen molar-refractivity contribution < 1.29 is 9.13 Å². The lowest BCUT2D eigenvalue weighted by Gasteiger charge is -2.34. The highest BCUT2D eigenvalue weighted by Gasteiger charge is 2.22. The van der Waals surface area contributed by atoms with Gasteiger partial charge in [0.15, 0.2) is 11.5 Å². The van der Waals surface area contributed by atoms with E-state index in [0.717, 1.165) is 54.6 Å². The van der Waals surface area contributed by atoms with Gasteiger partial charge in [-0.1, -0.05) is 19.4 Å². The van der Waals surface area contributed by atoms with Crippen molar-refractivity contribution in [1.29, 1.82) is 0 Å². The maximum Gasteiger partial charge on any atom is 0.336 e. The molecule has 1 saturated heterocycles. The van der Waals surface area contributed by atoms with Crippen molar-refractivity contribution in [2.45, 2.75) is 52.1 Å². The summed E-state index contributed by atoms with van der Waals surface area (Å²) in [4.78, 5) is 18.0. The molecule has 1 fully saturated rings. The highest BCUT2D eigenvalue weighted by Crippen LogP contribution is 2.26. The normalized spacial score (nSPS) is 15.8. The second kappa shape index (κ2) is 11.2. The van der Waals surface area contributed by atoms with E-state index < -0.39 is 12.8 Å². The number of alkyl halides is 1. The van der Waals surface area contributed by atoms with Gasteiger partial charge in [0, 0.05) is 32.3 Å². The van der Waals surface area contributed by atoms with E-state index in [4.69, 9.17) is 15.5 Å². The topological polar surface area (TPSA) is 97.7 Å². The Morgan fingerprint density at radius 3 is 2.66 bits per heavy atom. The van der Waals surface area contributed by atoms with Crippen LogP contribution in [0.25, 0.3) is 5.65 Å². The SMILES string of the molecule is CCC[C@H](CF)Oc1nc(N)c2ncc(Cc3cnc(N4CCC(CN(C)C)CC4)c(C)c3)n2n1. The molecule has 0 aromatic carbocycles. The monoisotopic (exact) mass is 484 g/mol. The van der Waals surface area contributed by atoms with Crippen molar-refractivity contribution in [2.75, 3.05) is 51.0 Å². The summed E-state index contributed by atoms with van der Waals surface area (Å²) < 4.78 is 20.6. The van der Waals surface area contributed by atoms with Gasteiger partial charge in [-0.25, -0.2) is 18.9 Å². The third kappa shape index (κ3) is 5.98. The summed E-state index contributed by atoms with van der Waals surface area (Å²) in [6, 6.07) is 2.24. The van der Waals surface area contributed by atoms with Gasteiger partial charge in [-0.05, 0) is 57.3 Å². The van der Waals surface area contributed by atoms with E-state index in [1.54, 1.807) is 10.7 Å². The largest absolute Gasteiger partial charge is 0.456 e. The number of nitrogens with zero attached hydrogens (tertiary/aromatic N) is 7. The number of hydrogen-bond acceptors (Lipinski definition) is 8. The van der Waals surface area contributed by atoms with E-state index in [1.165, 1.54) is 12.8 Å². The van der Waals surface area contributed by atoms with E-state index in [1.807, 2.05) is 13.1 Å². The Hall–Kier alpha value is -3.01. The van der Waals surface area contributed by atoms with Gasteiger partial charge in [0.2, 0.25) is 0 Å². The first kappa shape index (κ1) is 25.1. The third-order valence-corrected chi connectivity index (χ3v) is 6.52. The number of aromatic nitrogens is 5. The van der Waals surface area contributed by atoms with Crippen LogP contribution in [0.4, 0.5) is 16.0 Å². The molecule has 35 heavy (non-hydrogen) atoms. The lowest BCUT2D eigenvalue weighted by molar-refractivity contribution is 0.139. The number of rotatable bonds is 10. The minimum atomic E-state index is -0.601. The zero-order valence-corrected chi connectivity index (χ0v) is 21.2. The average molecular weight is 485 g/mol. The molecule has 10 heteroatoms. The maximum absolute atomic E-state index is 13.3. The van der Waals surface area contributed by atoms with Crippen LogP contribution in [0, 0.1) is 12.8 Å². The summed E-state index contributed by atoms with van der Waals surface area (Å²) in [5.74, 6) is 2.02. The molecule has 3 aromatic rings. The zero-order valence-electron chi connectivity index (χ0n) is 21.2. The summed E-state index contributed by atoms with van der Waals surface area (Å²) in [5.41, 5.74) is 9.60. The Bertz CT molecular complexity index is 1130. The van der Waals surface area contributed by atoms with Gasteiger partial charge in [0.05, 0.1) is 11.9 Å². The molecule has 1 aliphatic rings. The molecule has 0 unspecified atom stereocenters. The van der Waals surface area contributed by atoms with Crippen molar-refractivity contribution in [3.05, 3.63) is 35.3 Å². The molecule has 3 aromatic heterocycles. The molecule has 0 spiro atoms. The number of piperidine rings is 1. The molecule has 1 atom stereocenters. The lowest BCUT2D eigenvalue weighted by Crippen LogP contribution is -2.37. The Kier molecular flexibility index (Phi) is 8.00. The first-order valence-electron chi connectivity index (χ1n) is 12.5. The van der Waals surface area contributed by atoms with Gasteiger partial charge in [-0.3, -0.25) is 0 Å². The highest BCUT2D eigenvalue weighted by molar-refractivity contribution is 5.60. The van der Waals surface area contributed by atoms with Crippen LogP contribution in [0.3, 0.4) is 0 Å². The first-order valence-corrected chi connectivity index (χ1v) is 12.5. The first-order chi connectivity index (χ1) is 16.9. The summed E-state index contributed by atoms with van der Waals surface area (Å²) >= 11 is 0. The molecule has 0 radical (unpaired) electrons. The standard InChI is InChI=1S/C25H37FN8O/c1-5-6-21(13-26)35-25-30-22(27)24-29-15-20(34(24)31-25)12-19-11-17(2)23(28-14-19)33-9-7-18(8-10-33)16-32(3)4/h11,14-15,18,21H,5-10,12-13,16H2,1-4H3,(H2,27,30,31)/t21-/m1/s1. The van der Waals surface area contributed by atoms with E-state index in [9.17, 15) is 4.39 Å². The van der Waals surface area contributed by atoms with Gasteiger partial charge in [0.1, 0.15) is 18.6 Å². The van der Waals surface area contributed by atoms with E-state index in [-0.39, 0.29) is 11.8 Å². The molecule has 190 valence electrons. The number of pyridine rings is 1. The second-order valence-electron chi connectivity index (χ2n) is 9.80. The number of halogens is 1. The van der Waals surface area contributed by atoms with Crippen LogP contribution < -0.4 is 15.4 Å². The third-order valence-electron chi connectivity index (χ3n) is 6.52. The summed E-state index contributed by atoms with van der Waals surface area (Å²) in [6.07, 6.45) is 7.43. The predicted molar refractivity (Wildman–Crippen MR) is 136 cm³/mol. The molecule has 4 rings (SSSR count). The Labute approximate surface area is 206 Å². The number of fused-ring (bicyclic) bond motifs is 1. The number of imidazole rings is 1. The van der Waals surface area contributed by atoms with Gasteiger partial charge in [0.25, 0.3) is 0 Å². The number of ether oxygens (including phenoxy) is 1. The average Bonchev–Trinajstić information content (AvgIpc) is 3.22. The fourth-order valence-electron chi connectivity index (χ4n) is 4.84. The van der Waals surface area contributed by atoms with Crippen LogP contribution in [0.2, 0.25) is 0 Å². The number of hydrogen-bond donors (Lipinski definition) is 1. The van der Waals surface area contributed by atoms with Crippen LogP contribution >= 0.6 is 0 Å². The van der Waals surface area contributed by atoms with Crippen molar-refractivity contribution in [1.82, 2.24) is 29.5 Å². The number of anilines is 2. The maximum atomic E-state index is 13.3. The fraction of sp³-hybridized carbons (Fsp3) is 0.600. The smallest absolute Gasteiger partial charge is 0.336 e. The zero-order chi connectivity index (χ0) is 24.9. The molecule has 0 bridgehead atoms. The highest BCUT2D eigenvalue weighted by atomic mass is 19.1. The van der Waals surface area contributed by atoms with Crippen molar-refractivity contribution in [3.8, 4) is 6.01 Å². The fourth-order valence-corrected chi connectivity index (χ4v) is 4.84. The minimum Gasteiger partial charge on any atom is -0.456 e. The molecule has 2 N–H and O–H groups in total. The quantitative estimate of drug-likeness (QED) is 0.468. The lowest BCUT2D eigenvalue weighted by atomic mass is 9.96. The minimum absolute atomic E-state index is 0.0627. The summed E-state index contributed by atoms with van der Waals surface area (Å²) in [7, 11) is 4.28. The second-order valence-corrected chi connectivity index (χ2v) is 9.80. The van der Waals surface area contributed by atoms with E-state index >= 15 is 0 Å². The molecular weight excluding hydrogens is 447 g/mol. The van der Waals surface area contributed by atoms with Crippen molar-refractivity contribution >= 4 is 17.3 Å². The molecule has 0 aliphatic carbocycles. The number of aryl methyl sites for hydroxylation is 1. The molecule has 1 aliphatic heterocycles. The van der Waals surface area contributed by atoms with Crippen LogP contribution in [0.1, 0.15) is 49.4 Å². The predicted octanol–water partition coefficient (Wildman–Crippen LogP) is 3.30. The molecule has 4 heterocycles. The van der Waals surface area contributed by atoms with Gasteiger partial charge in [-0.2, -0.15) is 4.98 Å². The molecular formula is C25H37FN8O. The van der Waals surface area contributed by atoms with Crippen molar-refractivity contribution in [3.63, 3.8) is 0 Å². The van der Waals surface area contributed by atoms with Gasteiger partial charge >= 0.3 is 6.01 Å². The van der Waals surface area contributed by atoms with Crippen LogP contribution in [0.15, 0.2) is 18.5 Å². The van der Waals surface area contributed by atoms with Gasteiger partial charge in [-0.15, -0.1) is 5.10 Å². The van der Waals surface area contributed by atoms with Gasteiger partial charge < -0.3 is 20.3 Å². The Morgan fingerprint density at radius 2 is 2.00 bits per heavy atom. The molecule has 0 saturated carbocycles. The van der Waals surface area contributed by atoms with E-state index in [2.05, 4.69) is 52.0 Å². The number of nitrogen functional groups attached to an aromatic ring is 1. The molecule has 0 amide bonds. The summed E-state index contributed by atoms with van der Waals surface area (Å²) in [5, 5.41) is 4.45. The van der Waals surface area contributed by atoms with Crippen LogP contribution in [-0.4, -0.2) is 76.0 Å². The summed E-state index contributed by atoms with van der Waals surface area (Å²) in [6.45, 7) is 6.71. The van der Waals surface area contributed by atoms with Crippen LogP contribution in [-0.2, 0) is 6.42 Å². The Balaban J connectivity index is 1.48. The van der Waals surface area contributed by atoms with Crippen LogP contribution in [0.5, 0.6) is 6.01 Å². The van der Waals surface area contributed by atoms with E-state index in [0.29, 0.717) is 18.5 Å². The number of nitrogens with two attached hydrogens (primary N) is 1. The molecule has 9 nitrogen and oxygen atoms in total. The van der Waals surface area contributed by atoms with Crippen molar-refractivity contribution in [2.24, 2.45) is 5.92 Å².